The maximum atomic E-state index is 12.6. The van der Waals surface area contributed by atoms with E-state index in [1.807, 2.05) is 12.1 Å². The predicted molar refractivity (Wildman–Crippen MR) is 84.7 cm³/mol. The first kappa shape index (κ1) is 14.9. The quantitative estimate of drug-likeness (QED) is 0.903. The van der Waals surface area contributed by atoms with Crippen LogP contribution in [0, 0.1) is 5.92 Å². The fraction of sp³-hybridized carbons (Fsp3) is 0.333. The number of carbonyl (C=O) groups is 2. The zero-order chi connectivity index (χ0) is 16.7. The summed E-state index contributed by atoms with van der Waals surface area (Å²) in [5, 5.41) is 10.7. The van der Waals surface area contributed by atoms with E-state index < -0.39 is 5.92 Å². The van der Waals surface area contributed by atoms with Crippen molar-refractivity contribution in [2.24, 2.45) is 5.92 Å². The summed E-state index contributed by atoms with van der Waals surface area (Å²) >= 11 is 1.24. The van der Waals surface area contributed by atoms with Crippen LogP contribution in [0.15, 0.2) is 23.7 Å². The summed E-state index contributed by atoms with van der Waals surface area (Å²) in [5.41, 5.74) is 2.38. The highest BCUT2D eigenvalue weighted by molar-refractivity contribution is 7.13. The van der Waals surface area contributed by atoms with Crippen LogP contribution in [0.1, 0.15) is 18.0 Å². The average molecular weight is 346 g/mol. The zero-order valence-electron chi connectivity index (χ0n) is 12.8. The van der Waals surface area contributed by atoms with E-state index in [9.17, 15) is 9.59 Å². The number of likely N-dealkylation sites (tertiary alicyclic amines) is 1. The van der Waals surface area contributed by atoms with Crippen LogP contribution in [0.4, 0.5) is 5.13 Å². The van der Waals surface area contributed by atoms with Gasteiger partial charge in [-0.05, 0) is 17.7 Å². The van der Waals surface area contributed by atoms with Crippen LogP contribution in [-0.2, 0) is 9.59 Å². The molecule has 3 heterocycles. The van der Waals surface area contributed by atoms with Gasteiger partial charge >= 0.3 is 0 Å². The zero-order valence-corrected chi connectivity index (χ0v) is 13.6. The molecule has 2 aromatic rings. The van der Waals surface area contributed by atoms with Gasteiger partial charge in [-0.25, -0.2) is 0 Å². The van der Waals surface area contributed by atoms with E-state index in [0.29, 0.717) is 16.6 Å². The average Bonchev–Trinajstić information content (AvgIpc) is 3.28. The van der Waals surface area contributed by atoms with Crippen molar-refractivity contribution < 1.29 is 19.1 Å². The van der Waals surface area contributed by atoms with Crippen molar-refractivity contribution in [2.45, 2.75) is 12.5 Å². The molecule has 2 aliphatic heterocycles. The second kappa shape index (κ2) is 5.75. The Morgan fingerprint density at radius 2 is 2.21 bits per heavy atom. The molecule has 0 bridgehead atoms. The molecular weight excluding hydrogens is 332 g/mol. The Hall–Kier alpha value is -2.68. The number of nitrogens with one attached hydrogen (secondary N) is 1. The molecule has 0 radical (unpaired) electrons. The SMILES string of the molecule is CN1C(=O)CC(C(=O)Nc2nncs2)C1c1ccc2c(c1)OCO2. The third-order valence-corrected chi connectivity index (χ3v) is 4.86. The summed E-state index contributed by atoms with van der Waals surface area (Å²) in [6.07, 6.45) is 0.153. The lowest BCUT2D eigenvalue weighted by Crippen LogP contribution is -2.30. The largest absolute Gasteiger partial charge is 0.454 e. The molecule has 1 N–H and O–H groups in total. The molecule has 0 spiro atoms. The topological polar surface area (TPSA) is 93.7 Å². The van der Waals surface area contributed by atoms with Crippen LogP contribution in [-0.4, -0.2) is 40.8 Å². The standard InChI is InChI=1S/C15H14N4O4S/c1-19-12(20)5-9(14(21)17-15-18-16-6-24-15)13(19)8-2-3-10-11(4-8)23-7-22-10/h2-4,6,9,13H,5,7H2,1H3,(H,17,18,21). The summed E-state index contributed by atoms with van der Waals surface area (Å²) < 4.78 is 10.7. The Labute approximate surface area is 141 Å². The maximum Gasteiger partial charge on any atom is 0.232 e. The molecule has 4 rings (SSSR count). The van der Waals surface area contributed by atoms with Crippen molar-refractivity contribution in [3.63, 3.8) is 0 Å². The number of carbonyl (C=O) groups excluding carboxylic acids is 2. The molecule has 24 heavy (non-hydrogen) atoms. The Bertz CT molecular complexity index is 795. The van der Waals surface area contributed by atoms with Crippen LogP contribution >= 0.6 is 11.3 Å². The number of amides is 2. The van der Waals surface area contributed by atoms with Gasteiger partial charge in [0.25, 0.3) is 0 Å². The molecule has 1 aromatic heterocycles. The minimum absolute atomic E-state index is 0.0740. The summed E-state index contributed by atoms with van der Waals surface area (Å²) in [5.74, 6) is 0.470. The van der Waals surface area contributed by atoms with Crippen molar-refractivity contribution in [3.05, 3.63) is 29.3 Å². The summed E-state index contributed by atoms with van der Waals surface area (Å²) in [6.45, 7) is 0.180. The first-order valence-corrected chi connectivity index (χ1v) is 8.23. The molecule has 2 atom stereocenters. The van der Waals surface area contributed by atoms with Gasteiger partial charge in [-0.2, -0.15) is 0 Å². The third kappa shape index (κ3) is 2.46. The molecular formula is C15H14N4O4S. The molecule has 2 aliphatic rings. The lowest BCUT2D eigenvalue weighted by molar-refractivity contribution is -0.127. The molecule has 124 valence electrons. The first-order chi connectivity index (χ1) is 11.6. The van der Waals surface area contributed by atoms with Crippen LogP contribution in [0.2, 0.25) is 0 Å². The molecule has 9 heteroatoms. The Morgan fingerprint density at radius 1 is 1.38 bits per heavy atom. The van der Waals surface area contributed by atoms with Crippen molar-refractivity contribution in [3.8, 4) is 11.5 Å². The lowest BCUT2D eigenvalue weighted by Gasteiger charge is -2.24. The number of benzene rings is 1. The number of ether oxygens (including phenoxy) is 2. The molecule has 0 aliphatic carbocycles. The minimum atomic E-state index is -0.508. The van der Waals surface area contributed by atoms with Crippen LogP contribution in [0.3, 0.4) is 0 Å². The van der Waals surface area contributed by atoms with Gasteiger partial charge < -0.3 is 19.7 Å². The van der Waals surface area contributed by atoms with E-state index in [4.69, 9.17) is 9.47 Å². The minimum Gasteiger partial charge on any atom is -0.454 e. The van der Waals surface area contributed by atoms with Crippen molar-refractivity contribution in [2.75, 3.05) is 19.2 Å². The second-order valence-corrected chi connectivity index (χ2v) is 6.44. The van der Waals surface area contributed by atoms with Gasteiger partial charge in [0.15, 0.2) is 11.5 Å². The Balaban J connectivity index is 1.63. The molecule has 2 unspecified atom stereocenters. The second-order valence-electron chi connectivity index (χ2n) is 5.61. The number of aromatic nitrogens is 2. The summed E-state index contributed by atoms with van der Waals surface area (Å²) in [4.78, 5) is 26.4. The molecule has 2 amide bonds. The fourth-order valence-corrected chi connectivity index (χ4v) is 3.53. The molecule has 1 fully saturated rings. The number of rotatable bonds is 3. The number of hydrogen-bond acceptors (Lipinski definition) is 7. The van der Waals surface area contributed by atoms with Crippen molar-refractivity contribution in [1.29, 1.82) is 0 Å². The lowest BCUT2D eigenvalue weighted by atomic mass is 9.92. The van der Waals surface area contributed by atoms with E-state index in [2.05, 4.69) is 15.5 Å². The molecule has 1 aromatic carbocycles. The predicted octanol–water partition coefficient (Wildman–Crippen LogP) is 1.42. The van der Waals surface area contributed by atoms with E-state index in [1.54, 1.807) is 18.0 Å². The Morgan fingerprint density at radius 3 is 3.00 bits per heavy atom. The van der Waals surface area contributed by atoms with Crippen LogP contribution in [0.25, 0.3) is 0 Å². The van der Waals surface area contributed by atoms with Gasteiger partial charge in [0.2, 0.25) is 23.7 Å². The highest BCUT2D eigenvalue weighted by Crippen LogP contribution is 2.41. The van der Waals surface area contributed by atoms with Gasteiger partial charge in [0, 0.05) is 13.5 Å². The first-order valence-electron chi connectivity index (χ1n) is 7.36. The maximum absolute atomic E-state index is 12.6. The normalized spacial score (nSPS) is 22.0. The highest BCUT2D eigenvalue weighted by atomic mass is 32.1. The summed E-state index contributed by atoms with van der Waals surface area (Å²) in [6, 6.07) is 5.12. The van der Waals surface area contributed by atoms with E-state index >= 15 is 0 Å². The van der Waals surface area contributed by atoms with Gasteiger partial charge in [0.05, 0.1) is 12.0 Å². The van der Waals surface area contributed by atoms with Gasteiger partial charge in [-0.15, -0.1) is 10.2 Å². The monoisotopic (exact) mass is 346 g/mol. The third-order valence-electron chi connectivity index (χ3n) is 4.25. The van der Waals surface area contributed by atoms with Gasteiger partial charge in [0.1, 0.15) is 5.51 Å². The van der Waals surface area contributed by atoms with Crippen LogP contribution < -0.4 is 14.8 Å². The number of anilines is 1. The number of fused-ring (bicyclic) bond motifs is 1. The highest BCUT2D eigenvalue weighted by Gasteiger charge is 2.43. The molecule has 8 nitrogen and oxygen atoms in total. The van der Waals surface area contributed by atoms with Crippen molar-refractivity contribution >= 4 is 28.3 Å². The number of nitrogens with zero attached hydrogens (tertiary/aromatic N) is 3. The molecule has 0 saturated carbocycles. The van der Waals surface area contributed by atoms with E-state index in [-0.39, 0.29) is 31.1 Å². The van der Waals surface area contributed by atoms with E-state index in [1.165, 1.54) is 16.8 Å². The van der Waals surface area contributed by atoms with Gasteiger partial charge in [-0.1, -0.05) is 17.4 Å². The Kier molecular flexibility index (Phi) is 3.57. The number of hydrogen-bond donors (Lipinski definition) is 1. The van der Waals surface area contributed by atoms with Gasteiger partial charge in [-0.3, -0.25) is 9.59 Å². The van der Waals surface area contributed by atoms with E-state index in [0.717, 1.165) is 5.56 Å². The van der Waals surface area contributed by atoms with Crippen LogP contribution in [0.5, 0.6) is 11.5 Å². The molecule has 1 saturated heterocycles. The van der Waals surface area contributed by atoms with Crippen molar-refractivity contribution in [1.82, 2.24) is 15.1 Å². The fourth-order valence-electron chi connectivity index (χ4n) is 3.08. The smallest absolute Gasteiger partial charge is 0.232 e. The summed E-state index contributed by atoms with van der Waals surface area (Å²) in [7, 11) is 1.70.